The molecular formula is C15H18F2N2O. The first kappa shape index (κ1) is 14.7. The normalized spacial score (nSPS) is 10.9. The summed E-state index contributed by atoms with van der Waals surface area (Å²) in [7, 11) is 0. The second kappa shape index (κ2) is 7.14. The highest BCUT2D eigenvalue weighted by atomic mass is 19.2. The summed E-state index contributed by atoms with van der Waals surface area (Å²) in [6, 6.07) is 3.68. The van der Waals surface area contributed by atoms with Crippen LogP contribution in [0.25, 0.3) is 11.3 Å². The van der Waals surface area contributed by atoms with E-state index in [1.54, 1.807) is 6.20 Å². The Hall–Kier alpha value is -1.75. The van der Waals surface area contributed by atoms with Gasteiger partial charge >= 0.3 is 0 Å². The van der Waals surface area contributed by atoms with Crippen LogP contribution in [0.5, 0.6) is 0 Å². The van der Waals surface area contributed by atoms with Crippen molar-refractivity contribution >= 4 is 0 Å². The van der Waals surface area contributed by atoms with Gasteiger partial charge in [-0.1, -0.05) is 6.92 Å². The van der Waals surface area contributed by atoms with E-state index < -0.39 is 11.6 Å². The fourth-order valence-electron chi connectivity index (χ4n) is 1.88. The molecule has 0 aliphatic rings. The number of hydrogen-bond acceptors (Lipinski definition) is 3. The average Bonchev–Trinajstić information content (AvgIpc) is 2.90. The van der Waals surface area contributed by atoms with E-state index in [4.69, 9.17) is 4.42 Å². The van der Waals surface area contributed by atoms with Crippen molar-refractivity contribution in [3.8, 4) is 11.3 Å². The Morgan fingerprint density at radius 1 is 1.20 bits per heavy atom. The predicted molar refractivity (Wildman–Crippen MR) is 73.3 cm³/mol. The quantitative estimate of drug-likeness (QED) is 0.788. The average molecular weight is 280 g/mol. The molecule has 0 fully saturated rings. The Labute approximate surface area is 117 Å². The lowest BCUT2D eigenvalue weighted by Gasteiger charge is -2.00. The molecule has 3 nitrogen and oxygen atoms in total. The molecule has 1 aromatic heterocycles. The van der Waals surface area contributed by atoms with Gasteiger partial charge in [0.2, 0.25) is 0 Å². The molecule has 0 amide bonds. The lowest BCUT2D eigenvalue weighted by Crippen LogP contribution is -2.16. The molecule has 20 heavy (non-hydrogen) atoms. The number of aromatic nitrogens is 1. The number of nitrogens with one attached hydrogen (secondary N) is 1. The molecule has 0 bridgehead atoms. The van der Waals surface area contributed by atoms with E-state index in [1.807, 2.05) is 0 Å². The molecule has 0 aliphatic carbocycles. The summed E-state index contributed by atoms with van der Waals surface area (Å²) in [5.74, 6) is -0.678. The van der Waals surface area contributed by atoms with Crippen molar-refractivity contribution in [2.75, 3.05) is 13.1 Å². The Morgan fingerprint density at radius 3 is 2.80 bits per heavy atom. The highest BCUT2D eigenvalue weighted by Gasteiger charge is 2.09. The summed E-state index contributed by atoms with van der Waals surface area (Å²) < 4.78 is 31.6. The fraction of sp³-hybridized carbons (Fsp3) is 0.400. The third kappa shape index (κ3) is 3.87. The van der Waals surface area contributed by atoms with Crippen LogP contribution >= 0.6 is 0 Å². The molecule has 0 saturated heterocycles. The van der Waals surface area contributed by atoms with Crippen LogP contribution in [0.3, 0.4) is 0 Å². The molecule has 1 heterocycles. The molecule has 5 heteroatoms. The zero-order chi connectivity index (χ0) is 14.4. The standard InChI is InChI=1S/C15H18F2N2O/c1-2-7-18-8-3-4-15-19-10-14(20-15)11-5-6-12(16)13(17)9-11/h5-6,9-10,18H,2-4,7-8H2,1H3. The third-order valence-corrected chi connectivity index (χ3v) is 2.93. The van der Waals surface area contributed by atoms with Crippen molar-refractivity contribution in [2.45, 2.75) is 26.2 Å². The van der Waals surface area contributed by atoms with Crippen LogP contribution in [0, 0.1) is 11.6 Å². The maximum absolute atomic E-state index is 13.1. The SMILES string of the molecule is CCCNCCCc1ncc(-c2ccc(F)c(F)c2)o1. The first-order chi connectivity index (χ1) is 9.70. The molecule has 1 N–H and O–H groups in total. The summed E-state index contributed by atoms with van der Waals surface area (Å²) in [6.07, 6.45) is 4.30. The van der Waals surface area contributed by atoms with Crippen LogP contribution in [0.2, 0.25) is 0 Å². The number of halogens is 2. The van der Waals surface area contributed by atoms with Gasteiger partial charge in [0.15, 0.2) is 23.3 Å². The van der Waals surface area contributed by atoms with Crippen molar-refractivity contribution in [3.63, 3.8) is 0 Å². The highest BCUT2D eigenvalue weighted by Crippen LogP contribution is 2.22. The maximum Gasteiger partial charge on any atom is 0.194 e. The monoisotopic (exact) mass is 280 g/mol. The molecule has 2 aromatic rings. The topological polar surface area (TPSA) is 38.1 Å². The molecule has 0 unspecified atom stereocenters. The van der Waals surface area contributed by atoms with Crippen molar-refractivity contribution in [3.05, 3.63) is 41.9 Å². The number of benzene rings is 1. The van der Waals surface area contributed by atoms with E-state index in [1.165, 1.54) is 6.07 Å². The fourth-order valence-corrected chi connectivity index (χ4v) is 1.88. The first-order valence-electron chi connectivity index (χ1n) is 6.81. The van der Waals surface area contributed by atoms with Gasteiger partial charge in [-0.3, -0.25) is 0 Å². The Kier molecular flexibility index (Phi) is 5.24. The number of rotatable bonds is 7. The number of oxazole rings is 1. The summed E-state index contributed by atoms with van der Waals surface area (Å²) in [5.41, 5.74) is 0.492. The lowest BCUT2D eigenvalue weighted by molar-refractivity contribution is 0.489. The number of aryl methyl sites for hydroxylation is 1. The van der Waals surface area contributed by atoms with Gasteiger partial charge in [0.05, 0.1) is 6.20 Å². The zero-order valence-corrected chi connectivity index (χ0v) is 11.5. The lowest BCUT2D eigenvalue weighted by atomic mass is 10.2. The van der Waals surface area contributed by atoms with Crippen LogP contribution in [-0.2, 0) is 6.42 Å². The number of hydrogen-bond donors (Lipinski definition) is 1. The van der Waals surface area contributed by atoms with E-state index in [-0.39, 0.29) is 0 Å². The summed E-state index contributed by atoms with van der Waals surface area (Å²) in [4.78, 5) is 4.15. The van der Waals surface area contributed by atoms with Crippen LogP contribution in [0.4, 0.5) is 8.78 Å². The van der Waals surface area contributed by atoms with Crippen molar-refractivity contribution < 1.29 is 13.2 Å². The van der Waals surface area contributed by atoms with Crippen LogP contribution in [0.1, 0.15) is 25.7 Å². The molecule has 0 saturated carbocycles. The second-order valence-electron chi connectivity index (χ2n) is 4.60. The smallest absolute Gasteiger partial charge is 0.194 e. The minimum atomic E-state index is -0.885. The van der Waals surface area contributed by atoms with Crippen LogP contribution < -0.4 is 5.32 Å². The van der Waals surface area contributed by atoms with Gasteiger partial charge in [0.25, 0.3) is 0 Å². The van der Waals surface area contributed by atoms with E-state index in [0.29, 0.717) is 17.2 Å². The molecule has 2 rings (SSSR count). The second-order valence-corrected chi connectivity index (χ2v) is 4.60. The maximum atomic E-state index is 13.1. The van der Waals surface area contributed by atoms with Crippen LogP contribution in [-0.4, -0.2) is 18.1 Å². The van der Waals surface area contributed by atoms with E-state index in [9.17, 15) is 8.78 Å². The molecule has 0 radical (unpaired) electrons. The van der Waals surface area contributed by atoms with E-state index in [2.05, 4.69) is 17.2 Å². The van der Waals surface area contributed by atoms with Crippen LogP contribution in [0.15, 0.2) is 28.8 Å². The van der Waals surface area contributed by atoms with Gasteiger partial charge < -0.3 is 9.73 Å². The van der Waals surface area contributed by atoms with Crippen molar-refractivity contribution in [1.82, 2.24) is 10.3 Å². The molecule has 108 valence electrons. The molecule has 0 aliphatic heterocycles. The predicted octanol–water partition coefficient (Wildman–Crippen LogP) is 3.55. The Balaban J connectivity index is 1.93. The molecule has 0 atom stereocenters. The van der Waals surface area contributed by atoms with Crippen molar-refractivity contribution in [1.29, 1.82) is 0 Å². The Morgan fingerprint density at radius 2 is 2.05 bits per heavy atom. The zero-order valence-electron chi connectivity index (χ0n) is 11.5. The molecule has 0 spiro atoms. The minimum Gasteiger partial charge on any atom is -0.441 e. The van der Waals surface area contributed by atoms with Gasteiger partial charge in [-0.2, -0.15) is 0 Å². The summed E-state index contributed by atoms with van der Waals surface area (Å²) in [5, 5.41) is 3.30. The van der Waals surface area contributed by atoms with E-state index in [0.717, 1.165) is 44.5 Å². The molecule has 1 aromatic carbocycles. The van der Waals surface area contributed by atoms with Gasteiger partial charge in [0.1, 0.15) is 0 Å². The Bertz CT molecular complexity index is 555. The van der Waals surface area contributed by atoms with Gasteiger partial charge in [0, 0.05) is 12.0 Å². The summed E-state index contributed by atoms with van der Waals surface area (Å²) in [6.45, 7) is 4.04. The van der Waals surface area contributed by atoms with E-state index >= 15 is 0 Å². The number of nitrogens with zero attached hydrogens (tertiary/aromatic N) is 1. The van der Waals surface area contributed by atoms with Gasteiger partial charge in [-0.05, 0) is 44.1 Å². The largest absolute Gasteiger partial charge is 0.441 e. The van der Waals surface area contributed by atoms with Gasteiger partial charge in [-0.15, -0.1) is 0 Å². The minimum absolute atomic E-state index is 0.459. The first-order valence-corrected chi connectivity index (χ1v) is 6.81. The summed E-state index contributed by atoms with van der Waals surface area (Å²) >= 11 is 0. The third-order valence-electron chi connectivity index (χ3n) is 2.93. The van der Waals surface area contributed by atoms with Crippen molar-refractivity contribution in [2.24, 2.45) is 0 Å². The highest BCUT2D eigenvalue weighted by molar-refractivity contribution is 5.56. The molecular weight excluding hydrogens is 262 g/mol. The van der Waals surface area contributed by atoms with Gasteiger partial charge in [-0.25, -0.2) is 13.8 Å².